The van der Waals surface area contributed by atoms with Gasteiger partial charge in [0.1, 0.15) is 0 Å². The first-order valence-electron chi connectivity index (χ1n) is 10.6. The molecule has 2 aliphatic rings. The third-order valence-electron chi connectivity index (χ3n) is 6.11. The SMILES string of the molecule is CCc1cccc(CC)c1NC(=O)c1cccc(N2C(=O)[C@@H]3CC=CC[C@H]3C2=O)c1. The van der Waals surface area contributed by atoms with E-state index < -0.39 is 0 Å². The molecule has 154 valence electrons. The molecular weight excluding hydrogens is 376 g/mol. The number of nitrogens with one attached hydrogen (secondary N) is 1. The zero-order chi connectivity index (χ0) is 21.3. The Balaban J connectivity index is 1.61. The van der Waals surface area contributed by atoms with Gasteiger partial charge in [-0.15, -0.1) is 0 Å². The number of fused-ring (bicyclic) bond motifs is 1. The average Bonchev–Trinajstić information content (AvgIpc) is 3.04. The van der Waals surface area contributed by atoms with Crippen molar-refractivity contribution in [3.63, 3.8) is 0 Å². The zero-order valence-electron chi connectivity index (χ0n) is 17.4. The normalized spacial score (nSPS) is 20.4. The van der Waals surface area contributed by atoms with Crippen LogP contribution >= 0.6 is 0 Å². The molecule has 0 unspecified atom stereocenters. The maximum absolute atomic E-state index is 13.0. The number of imide groups is 1. The number of hydrogen-bond acceptors (Lipinski definition) is 3. The van der Waals surface area contributed by atoms with Gasteiger partial charge >= 0.3 is 0 Å². The van der Waals surface area contributed by atoms with E-state index in [9.17, 15) is 14.4 Å². The Morgan fingerprint density at radius 1 is 0.933 bits per heavy atom. The summed E-state index contributed by atoms with van der Waals surface area (Å²) in [5.41, 5.74) is 3.91. The smallest absolute Gasteiger partial charge is 0.255 e. The second kappa shape index (κ2) is 8.27. The number of aryl methyl sites for hydroxylation is 2. The fraction of sp³-hybridized carbons (Fsp3) is 0.320. The van der Waals surface area contributed by atoms with Crippen molar-refractivity contribution in [2.45, 2.75) is 39.5 Å². The van der Waals surface area contributed by atoms with Gasteiger partial charge in [0, 0.05) is 11.3 Å². The van der Waals surface area contributed by atoms with Gasteiger partial charge in [-0.1, -0.05) is 50.3 Å². The summed E-state index contributed by atoms with van der Waals surface area (Å²) in [5.74, 6) is -1.16. The Morgan fingerprint density at radius 3 is 2.07 bits per heavy atom. The Labute approximate surface area is 176 Å². The van der Waals surface area contributed by atoms with E-state index in [1.807, 2.05) is 30.4 Å². The molecule has 0 saturated carbocycles. The van der Waals surface area contributed by atoms with Crippen LogP contribution in [0, 0.1) is 11.8 Å². The largest absolute Gasteiger partial charge is 0.321 e. The minimum Gasteiger partial charge on any atom is -0.321 e. The number of anilines is 2. The second-order valence-corrected chi connectivity index (χ2v) is 7.83. The number of carbonyl (C=O) groups is 3. The quantitative estimate of drug-likeness (QED) is 0.591. The van der Waals surface area contributed by atoms with Crippen molar-refractivity contribution in [2.75, 3.05) is 10.2 Å². The highest BCUT2D eigenvalue weighted by atomic mass is 16.2. The highest BCUT2D eigenvalue weighted by Gasteiger charge is 2.47. The van der Waals surface area contributed by atoms with Gasteiger partial charge in [-0.05, 0) is 55.0 Å². The fourth-order valence-corrected chi connectivity index (χ4v) is 4.43. The van der Waals surface area contributed by atoms with E-state index in [2.05, 4.69) is 19.2 Å². The van der Waals surface area contributed by atoms with E-state index in [1.54, 1.807) is 24.3 Å². The van der Waals surface area contributed by atoms with Crippen molar-refractivity contribution in [3.8, 4) is 0 Å². The first kappa shape index (κ1) is 20.1. The summed E-state index contributed by atoms with van der Waals surface area (Å²) >= 11 is 0. The van der Waals surface area contributed by atoms with Crippen LogP contribution in [0.1, 0.15) is 48.2 Å². The summed E-state index contributed by atoms with van der Waals surface area (Å²) in [7, 11) is 0. The summed E-state index contributed by atoms with van der Waals surface area (Å²) < 4.78 is 0. The van der Waals surface area contributed by atoms with Crippen molar-refractivity contribution < 1.29 is 14.4 Å². The second-order valence-electron chi connectivity index (χ2n) is 7.83. The summed E-state index contributed by atoms with van der Waals surface area (Å²) in [5, 5.41) is 3.05. The molecule has 0 spiro atoms. The molecule has 2 atom stereocenters. The predicted molar refractivity (Wildman–Crippen MR) is 117 cm³/mol. The van der Waals surface area contributed by atoms with Crippen molar-refractivity contribution in [1.29, 1.82) is 0 Å². The Hall–Kier alpha value is -3.21. The highest BCUT2D eigenvalue weighted by molar-refractivity contribution is 6.22. The van der Waals surface area contributed by atoms with Crippen LogP contribution in [0.25, 0.3) is 0 Å². The summed E-state index contributed by atoms with van der Waals surface area (Å²) in [4.78, 5) is 40.0. The van der Waals surface area contributed by atoms with Crippen molar-refractivity contribution in [2.24, 2.45) is 11.8 Å². The molecule has 0 aromatic heterocycles. The standard InChI is InChI=1S/C25H26N2O3/c1-3-16-9-7-10-17(4-2)22(16)26-23(28)18-11-8-12-19(15-18)27-24(29)20-13-5-6-14-21(20)25(27)30/h5-12,15,20-21H,3-4,13-14H2,1-2H3,(H,26,28)/t20-,21-/m1/s1. The van der Waals surface area contributed by atoms with E-state index in [0.29, 0.717) is 24.1 Å². The molecule has 1 aliphatic heterocycles. The van der Waals surface area contributed by atoms with Gasteiger partial charge < -0.3 is 5.32 Å². The Kier molecular flexibility index (Phi) is 5.53. The van der Waals surface area contributed by atoms with Gasteiger partial charge in [-0.25, -0.2) is 0 Å². The van der Waals surface area contributed by atoms with Gasteiger partial charge in [0.2, 0.25) is 11.8 Å². The molecule has 30 heavy (non-hydrogen) atoms. The van der Waals surface area contributed by atoms with Crippen LogP contribution in [-0.2, 0) is 22.4 Å². The molecule has 1 saturated heterocycles. The van der Waals surface area contributed by atoms with Crippen LogP contribution < -0.4 is 10.2 Å². The monoisotopic (exact) mass is 402 g/mol. The van der Waals surface area contributed by atoms with E-state index >= 15 is 0 Å². The first-order valence-corrected chi connectivity index (χ1v) is 10.6. The lowest BCUT2D eigenvalue weighted by Gasteiger charge is -2.17. The molecule has 1 heterocycles. The lowest BCUT2D eigenvalue weighted by Crippen LogP contribution is -2.31. The minimum absolute atomic E-state index is 0.170. The molecule has 5 nitrogen and oxygen atoms in total. The molecule has 0 bridgehead atoms. The van der Waals surface area contributed by atoms with Crippen molar-refractivity contribution in [3.05, 3.63) is 71.3 Å². The molecule has 4 rings (SSSR count). The van der Waals surface area contributed by atoms with Crippen molar-refractivity contribution >= 4 is 29.1 Å². The summed E-state index contributed by atoms with van der Waals surface area (Å²) in [6.45, 7) is 4.12. The maximum Gasteiger partial charge on any atom is 0.255 e. The molecule has 1 N–H and O–H groups in total. The van der Waals surface area contributed by atoms with Crippen LogP contribution in [0.2, 0.25) is 0 Å². The van der Waals surface area contributed by atoms with Gasteiger partial charge in [0.05, 0.1) is 17.5 Å². The van der Waals surface area contributed by atoms with Crippen LogP contribution in [0.4, 0.5) is 11.4 Å². The maximum atomic E-state index is 13.0. The number of amides is 3. The predicted octanol–water partition coefficient (Wildman–Crippen LogP) is 4.52. The lowest BCUT2D eigenvalue weighted by molar-refractivity contribution is -0.122. The fourth-order valence-electron chi connectivity index (χ4n) is 4.43. The first-order chi connectivity index (χ1) is 14.5. The van der Waals surface area contributed by atoms with Crippen molar-refractivity contribution in [1.82, 2.24) is 0 Å². The summed E-state index contributed by atoms with van der Waals surface area (Å²) in [6, 6.07) is 12.8. The molecule has 3 amide bonds. The number of allylic oxidation sites excluding steroid dienone is 2. The summed E-state index contributed by atoms with van der Waals surface area (Å²) in [6.07, 6.45) is 6.76. The third kappa shape index (κ3) is 3.45. The number of nitrogens with zero attached hydrogens (tertiary/aromatic N) is 1. The van der Waals surface area contributed by atoms with E-state index in [-0.39, 0.29) is 29.6 Å². The third-order valence-corrected chi connectivity index (χ3v) is 6.11. The van der Waals surface area contributed by atoms with Crippen LogP contribution in [0.3, 0.4) is 0 Å². The van der Waals surface area contributed by atoms with E-state index in [4.69, 9.17) is 0 Å². The minimum atomic E-state index is -0.288. The molecule has 0 radical (unpaired) electrons. The van der Waals surface area contributed by atoms with Gasteiger partial charge in [-0.3, -0.25) is 19.3 Å². The number of hydrogen-bond donors (Lipinski definition) is 1. The average molecular weight is 402 g/mol. The molecular formula is C25H26N2O3. The number of para-hydroxylation sites is 1. The molecule has 1 aliphatic carbocycles. The Bertz CT molecular complexity index is 992. The molecule has 1 fully saturated rings. The van der Waals surface area contributed by atoms with Gasteiger partial charge in [0.25, 0.3) is 5.91 Å². The zero-order valence-corrected chi connectivity index (χ0v) is 17.4. The molecule has 2 aromatic rings. The van der Waals surface area contributed by atoms with E-state index in [1.165, 1.54) is 4.90 Å². The lowest BCUT2D eigenvalue weighted by atomic mass is 9.85. The highest BCUT2D eigenvalue weighted by Crippen LogP contribution is 2.37. The molecule has 2 aromatic carbocycles. The number of carbonyl (C=O) groups excluding carboxylic acids is 3. The molecule has 5 heteroatoms. The van der Waals surface area contributed by atoms with Gasteiger partial charge in [-0.2, -0.15) is 0 Å². The topological polar surface area (TPSA) is 66.5 Å². The number of rotatable bonds is 5. The van der Waals surface area contributed by atoms with Crippen LogP contribution in [-0.4, -0.2) is 17.7 Å². The van der Waals surface area contributed by atoms with Crippen LogP contribution in [0.15, 0.2) is 54.6 Å². The number of benzene rings is 2. The van der Waals surface area contributed by atoms with Crippen LogP contribution in [0.5, 0.6) is 0 Å². The van der Waals surface area contributed by atoms with E-state index in [0.717, 1.165) is 29.7 Å². The van der Waals surface area contributed by atoms with Gasteiger partial charge in [0.15, 0.2) is 0 Å². The Morgan fingerprint density at radius 2 is 1.50 bits per heavy atom.